The van der Waals surface area contributed by atoms with Crippen LogP contribution in [0.3, 0.4) is 0 Å². The van der Waals surface area contributed by atoms with Crippen molar-refractivity contribution in [3.05, 3.63) is 99.6 Å². The Balaban J connectivity index is 0.826. The molecule has 17 nitrogen and oxygen atoms in total. The lowest BCUT2D eigenvalue weighted by Gasteiger charge is -2.39. The quantitative estimate of drug-likeness (QED) is 0.0615. The van der Waals surface area contributed by atoms with Gasteiger partial charge in [-0.3, -0.25) is 4.79 Å². The maximum Gasteiger partial charge on any atom is 0.278 e. The molecule has 3 unspecified atom stereocenters. The van der Waals surface area contributed by atoms with Gasteiger partial charge in [-0.1, -0.05) is 36.4 Å². The zero-order chi connectivity index (χ0) is 59.5. The largest absolute Gasteiger partial charge is 0.481 e. The van der Waals surface area contributed by atoms with E-state index in [-0.39, 0.29) is 61.1 Å². The molecule has 1 amide bonds. The van der Waals surface area contributed by atoms with E-state index >= 15 is 17.6 Å². The van der Waals surface area contributed by atoms with E-state index < -0.39 is 52.6 Å². The lowest BCUT2D eigenvalue weighted by atomic mass is 9.84. The number of aromatic nitrogens is 6. The zero-order valence-electron chi connectivity index (χ0n) is 49.0. The van der Waals surface area contributed by atoms with E-state index in [2.05, 4.69) is 49.1 Å². The number of rotatable bonds is 22. The van der Waals surface area contributed by atoms with Gasteiger partial charge < -0.3 is 49.2 Å². The van der Waals surface area contributed by atoms with Crippen molar-refractivity contribution in [3.8, 4) is 11.8 Å². The van der Waals surface area contributed by atoms with E-state index in [1.807, 2.05) is 12.1 Å². The summed E-state index contributed by atoms with van der Waals surface area (Å²) in [6, 6.07) is 10.7. The Morgan fingerprint density at radius 3 is 1.69 bits per heavy atom. The summed E-state index contributed by atoms with van der Waals surface area (Å²) in [6.45, 7) is 14.6. The summed E-state index contributed by atoms with van der Waals surface area (Å²) in [7, 11) is 6.10. The number of fused-ring (bicyclic) bond motifs is 2. The molecule has 4 aromatic heterocycles. The Bertz CT molecular complexity index is 3270. The number of piperazine rings is 1. The van der Waals surface area contributed by atoms with Gasteiger partial charge in [0.1, 0.15) is 42.2 Å². The Morgan fingerprint density at radius 1 is 0.651 bits per heavy atom. The monoisotopic (exact) mass is 1160 g/mol. The number of anilines is 3. The first kappa shape index (κ1) is 60.9. The second-order valence-corrected chi connectivity index (χ2v) is 22.4. The van der Waals surface area contributed by atoms with Crippen LogP contribution in [-0.4, -0.2) is 143 Å². The minimum absolute atomic E-state index is 0.00118. The predicted octanol–water partition coefficient (Wildman–Crippen LogP) is 10.9. The topological polar surface area (TPSA) is 168 Å². The van der Waals surface area contributed by atoms with Crippen LogP contribution in [0.4, 0.5) is 43.7 Å². The second kappa shape index (κ2) is 25.7. The minimum Gasteiger partial charge on any atom is -0.481 e. The SMILES string of the molecule is COCc1nc(N[C@H](C)c2cccc(C(C)(F)F)c2F)c2cc(C3CCN(C(C)CCC(C)N4CCC(C(F)(F)c5cccc([C@@H](C)Nc6nc(COC)nc7nc(OC)c(N8CCN(C(C)=O)CC8)cc67)c5F)CC4)C3)c(OC)nc2n1. The fraction of sp³-hybridized carbons (Fsp3) is 0.550. The Labute approximate surface area is 480 Å². The Morgan fingerprint density at radius 2 is 1.16 bits per heavy atom. The number of amides is 1. The van der Waals surface area contributed by atoms with E-state index in [1.165, 1.54) is 51.7 Å². The fourth-order valence-electron chi connectivity index (χ4n) is 12.0. The molecule has 2 N–H and O–H groups in total. The number of methoxy groups -OCH3 is 4. The highest BCUT2D eigenvalue weighted by atomic mass is 19.3. The summed E-state index contributed by atoms with van der Waals surface area (Å²) in [5.41, 5.74) is 0.976. The van der Waals surface area contributed by atoms with Crippen LogP contribution in [0.25, 0.3) is 22.1 Å². The van der Waals surface area contributed by atoms with Crippen molar-refractivity contribution >= 4 is 45.3 Å². The molecule has 83 heavy (non-hydrogen) atoms. The van der Waals surface area contributed by atoms with Crippen LogP contribution < -0.4 is 25.0 Å². The van der Waals surface area contributed by atoms with Crippen molar-refractivity contribution in [1.82, 2.24) is 44.6 Å². The van der Waals surface area contributed by atoms with Gasteiger partial charge in [0, 0.05) is 101 Å². The average Bonchev–Trinajstić information content (AvgIpc) is 3.58. The van der Waals surface area contributed by atoms with Crippen molar-refractivity contribution in [2.45, 2.75) is 129 Å². The molecule has 3 aliphatic rings. The maximum atomic E-state index is 16.7. The normalized spacial score (nSPS) is 18.4. The molecule has 0 saturated carbocycles. The van der Waals surface area contributed by atoms with Gasteiger partial charge in [-0.2, -0.15) is 9.97 Å². The Kier molecular flexibility index (Phi) is 18.8. The molecule has 3 fully saturated rings. The molecule has 0 aliphatic carbocycles. The van der Waals surface area contributed by atoms with E-state index in [4.69, 9.17) is 38.9 Å². The van der Waals surface area contributed by atoms with Crippen LogP contribution in [-0.2, 0) is 39.3 Å². The summed E-state index contributed by atoms with van der Waals surface area (Å²) in [4.78, 5) is 48.8. The van der Waals surface area contributed by atoms with Crippen LogP contribution in [0.1, 0.15) is 131 Å². The van der Waals surface area contributed by atoms with Crippen molar-refractivity contribution < 1.29 is 50.1 Å². The van der Waals surface area contributed by atoms with Gasteiger partial charge in [-0.25, -0.2) is 46.3 Å². The summed E-state index contributed by atoms with van der Waals surface area (Å²) >= 11 is 0. The standard InChI is InChI=1S/C60H76F6N12O5/c1-34(17-18-35(2)78-22-19-39(31-78)43-29-44-53(69-49(32-80-7)71-55(44)73-57(43)82-9)67-36(3)41-13-11-15-46(51(41)61)59(6,63)64)75-23-20-40(21-24-75)60(65,66)47-16-12-14-42(52(47)62)37(4)68-54-45-30-48(77-27-25-76(26-28-77)38(5)79)58(83-10)74-56(45)72-50(70-54)33-81-8/h11-16,29-30,34-37,39-40H,17-28,31-33H2,1-10H3,(H,67,69,71,73)(H,68,70,72,74)/t34?,35?,36-,37-,39?/m1/s1. The number of hydrogen-bond acceptors (Lipinski definition) is 16. The number of carbonyl (C=O) groups is 1. The fourth-order valence-corrected chi connectivity index (χ4v) is 12.0. The summed E-state index contributed by atoms with van der Waals surface area (Å²) in [5, 5.41) is 7.62. The molecule has 5 atom stereocenters. The molecule has 23 heteroatoms. The molecule has 0 radical (unpaired) electrons. The molecule has 0 spiro atoms. The number of hydrogen-bond donors (Lipinski definition) is 2. The zero-order valence-corrected chi connectivity index (χ0v) is 49.0. The first-order valence-electron chi connectivity index (χ1n) is 28.5. The number of halogens is 6. The number of piperidine rings is 1. The van der Waals surface area contributed by atoms with Gasteiger partial charge in [0.15, 0.2) is 22.9 Å². The molecule has 7 heterocycles. The number of benzene rings is 2. The van der Waals surface area contributed by atoms with E-state index in [0.717, 1.165) is 44.0 Å². The molecule has 9 rings (SSSR count). The highest BCUT2D eigenvalue weighted by Crippen LogP contribution is 2.45. The van der Waals surface area contributed by atoms with Crippen LogP contribution in [0.15, 0.2) is 48.5 Å². The minimum atomic E-state index is -3.44. The molecule has 2 aromatic carbocycles. The molecule has 448 valence electrons. The van der Waals surface area contributed by atoms with Gasteiger partial charge in [0.2, 0.25) is 17.7 Å². The van der Waals surface area contributed by atoms with Crippen LogP contribution in [0.5, 0.6) is 11.8 Å². The highest BCUT2D eigenvalue weighted by Gasteiger charge is 2.46. The predicted molar refractivity (Wildman–Crippen MR) is 305 cm³/mol. The molecular weight excluding hydrogens is 1080 g/mol. The van der Waals surface area contributed by atoms with E-state index in [0.29, 0.717) is 109 Å². The van der Waals surface area contributed by atoms with Crippen molar-refractivity contribution in [3.63, 3.8) is 0 Å². The van der Waals surface area contributed by atoms with Crippen molar-refractivity contribution in [2.75, 3.05) is 96.3 Å². The van der Waals surface area contributed by atoms with E-state index in [9.17, 15) is 13.6 Å². The first-order chi connectivity index (χ1) is 39.6. The van der Waals surface area contributed by atoms with Crippen LogP contribution >= 0.6 is 0 Å². The average molecular weight is 1160 g/mol. The number of carbonyl (C=O) groups excluding carboxylic acids is 1. The third kappa shape index (κ3) is 13.2. The lowest BCUT2D eigenvalue weighted by Crippen LogP contribution is -2.48. The number of ether oxygens (including phenoxy) is 4. The van der Waals surface area contributed by atoms with Gasteiger partial charge in [0.25, 0.3) is 11.8 Å². The van der Waals surface area contributed by atoms with E-state index in [1.54, 1.807) is 32.8 Å². The lowest BCUT2D eigenvalue weighted by molar-refractivity contribution is -0.129. The number of likely N-dealkylation sites (tertiary alicyclic amines) is 2. The number of pyridine rings is 2. The van der Waals surface area contributed by atoms with Gasteiger partial charge >= 0.3 is 0 Å². The number of nitrogens with zero attached hydrogens (tertiary/aromatic N) is 10. The summed E-state index contributed by atoms with van der Waals surface area (Å²) in [6.07, 6.45) is 2.94. The smallest absolute Gasteiger partial charge is 0.278 e. The molecule has 3 saturated heterocycles. The summed E-state index contributed by atoms with van der Waals surface area (Å²) in [5.74, 6) is -7.73. The van der Waals surface area contributed by atoms with Gasteiger partial charge in [0.05, 0.1) is 48.2 Å². The number of nitrogens with one attached hydrogen (secondary N) is 2. The van der Waals surface area contributed by atoms with Crippen molar-refractivity contribution in [1.29, 1.82) is 0 Å². The highest BCUT2D eigenvalue weighted by molar-refractivity contribution is 5.91. The third-order valence-electron chi connectivity index (χ3n) is 16.9. The summed E-state index contributed by atoms with van der Waals surface area (Å²) < 4.78 is 117. The maximum absolute atomic E-state index is 16.7. The van der Waals surface area contributed by atoms with Crippen LogP contribution in [0.2, 0.25) is 0 Å². The molecule has 6 aromatic rings. The number of alkyl halides is 4. The molecular formula is C60H76F6N12O5. The Hall–Kier alpha value is -6.69. The van der Waals surface area contributed by atoms with Gasteiger partial charge in [-0.15, -0.1) is 0 Å². The van der Waals surface area contributed by atoms with Crippen molar-refractivity contribution in [2.24, 2.45) is 5.92 Å². The second-order valence-electron chi connectivity index (χ2n) is 22.4. The first-order valence-corrected chi connectivity index (χ1v) is 28.5. The van der Waals surface area contributed by atoms with Crippen LogP contribution in [0, 0.1) is 17.6 Å². The third-order valence-corrected chi connectivity index (χ3v) is 16.9. The van der Waals surface area contributed by atoms with Gasteiger partial charge in [-0.05, 0) is 91.6 Å². The molecule has 3 aliphatic heterocycles. The molecule has 0 bridgehead atoms.